The number of hydrogen-bond acceptors (Lipinski definition) is 1. The van der Waals surface area contributed by atoms with Crippen LogP contribution in [-0.4, -0.2) is 6.54 Å². The molecule has 0 unspecified atom stereocenters. The van der Waals surface area contributed by atoms with Gasteiger partial charge in [-0.1, -0.05) is 66.8 Å². The maximum Gasteiger partial charge on any atom is 0.212 e. The van der Waals surface area contributed by atoms with E-state index in [1.165, 1.54) is 33.5 Å². The zero-order valence-corrected chi connectivity index (χ0v) is 18.3. The SMILES string of the molecule is CCN1/C(=C/C=C/C=C/C=C/c2ccc3ccccc3[n+]2CC)C=Cc2ccccc21. The Bertz CT molecular complexity index is 1210. The number of para-hydroxylation sites is 2. The van der Waals surface area contributed by atoms with Gasteiger partial charge in [-0.2, -0.15) is 4.57 Å². The van der Waals surface area contributed by atoms with Gasteiger partial charge in [-0.05, 0) is 49.8 Å². The van der Waals surface area contributed by atoms with Crippen molar-refractivity contribution in [1.82, 2.24) is 0 Å². The molecular formula is C29H29N2+. The second-order valence-corrected chi connectivity index (χ2v) is 7.42. The van der Waals surface area contributed by atoms with Crippen molar-refractivity contribution < 1.29 is 4.57 Å². The lowest BCUT2D eigenvalue weighted by Crippen LogP contribution is -2.36. The molecule has 0 bridgehead atoms. The van der Waals surface area contributed by atoms with E-state index in [-0.39, 0.29) is 0 Å². The van der Waals surface area contributed by atoms with E-state index in [9.17, 15) is 0 Å². The Morgan fingerprint density at radius 3 is 2.42 bits per heavy atom. The van der Waals surface area contributed by atoms with Gasteiger partial charge in [0, 0.05) is 41.5 Å². The molecule has 0 atom stereocenters. The van der Waals surface area contributed by atoms with Crippen LogP contribution in [0.2, 0.25) is 0 Å². The first kappa shape index (κ1) is 20.6. The van der Waals surface area contributed by atoms with Crippen LogP contribution in [-0.2, 0) is 6.54 Å². The van der Waals surface area contributed by atoms with Gasteiger partial charge in [-0.15, -0.1) is 0 Å². The van der Waals surface area contributed by atoms with Gasteiger partial charge >= 0.3 is 0 Å². The van der Waals surface area contributed by atoms with Crippen LogP contribution in [0.15, 0.2) is 109 Å². The molecule has 1 aromatic heterocycles. The largest absolute Gasteiger partial charge is 0.341 e. The van der Waals surface area contributed by atoms with Crippen molar-refractivity contribution in [2.45, 2.75) is 20.4 Å². The summed E-state index contributed by atoms with van der Waals surface area (Å²) in [7, 11) is 0. The van der Waals surface area contributed by atoms with Gasteiger partial charge in [-0.25, -0.2) is 0 Å². The maximum atomic E-state index is 2.34. The molecule has 0 fully saturated rings. The van der Waals surface area contributed by atoms with Crippen LogP contribution in [0.3, 0.4) is 0 Å². The fraction of sp³-hybridized carbons (Fsp3) is 0.138. The number of benzene rings is 2. The molecule has 3 aromatic rings. The van der Waals surface area contributed by atoms with Crippen LogP contribution in [0.4, 0.5) is 5.69 Å². The summed E-state index contributed by atoms with van der Waals surface area (Å²) in [5.74, 6) is 0. The zero-order valence-electron chi connectivity index (χ0n) is 18.3. The van der Waals surface area contributed by atoms with Gasteiger partial charge in [0.1, 0.15) is 6.54 Å². The summed E-state index contributed by atoms with van der Waals surface area (Å²) in [6.07, 6.45) is 19.1. The molecule has 0 amide bonds. The van der Waals surface area contributed by atoms with Crippen LogP contribution in [0.5, 0.6) is 0 Å². The Morgan fingerprint density at radius 2 is 1.55 bits per heavy atom. The standard InChI is InChI=1S/C29H29N2/c1-3-30-26(22-20-24-14-10-12-18-28(24)30)16-8-6-5-7-9-17-27-23-21-25-15-11-13-19-29(25)31(27)4-2/h5-23H,3-4H2,1-2H3/q+1. The molecule has 1 aliphatic rings. The molecule has 0 aliphatic carbocycles. The zero-order chi connectivity index (χ0) is 21.5. The molecule has 0 saturated heterocycles. The third-order valence-electron chi connectivity index (χ3n) is 5.56. The molecule has 0 saturated carbocycles. The lowest BCUT2D eigenvalue weighted by atomic mass is 10.1. The van der Waals surface area contributed by atoms with E-state index in [2.05, 4.69) is 139 Å². The normalized spacial score (nSPS) is 15.2. The highest BCUT2D eigenvalue weighted by Gasteiger charge is 2.14. The first-order valence-electron chi connectivity index (χ1n) is 11.0. The number of anilines is 1. The van der Waals surface area contributed by atoms with E-state index < -0.39 is 0 Å². The number of allylic oxidation sites excluding steroid dienone is 7. The number of hydrogen-bond donors (Lipinski definition) is 0. The van der Waals surface area contributed by atoms with Crippen LogP contribution in [0.25, 0.3) is 23.1 Å². The number of fused-ring (bicyclic) bond motifs is 2. The van der Waals surface area contributed by atoms with E-state index in [1.54, 1.807) is 0 Å². The average molecular weight is 406 g/mol. The molecule has 4 rings (SSSR count). The van der Waals surface area contributed by atoms with E-state index in [0.29, 0.717) is 0 Å². The quantitative estimate of drug-likeness (QED) is 0.326. The highest BCUT2D eigenvalue weighted by molar-refractivity contribution is 5.77. The number of aryl methyl sites for hydroxylation is 1. The van der Waals surface area contributed by atoms with E-state index in [4.69, 9.17) is 0 Å². The lowest BCUT2D eigenvalue weighted by Gasteiger charge is -2.29. The topological polar surface area (TPSA) is 7.12 Å². The lowest BCUT2D eigenvalue weighted by molar-refractivity contribution is -0.669. The minimum Gasteiger partial charge on any atom is -0.341 e. The number of rotatable bonds is 6. The van der Waals surface area contributed by atoms with E-state index >= 15 is 0 Å². The summed E-state index contributed by atoms with van der Waals surface area (Å²) < 4.78 is 2.34. The Morgan fingerprint density at radius 1 is 0.774 bits per heavy atom. The molecule has 2 nitrogen and oxygen atoms in total. The van der Waals surface area contributed by atoms with Crippen LogP contribution < -0.4 is 9.47 Å². The molecule has 2 aromatic carbocycles. The molecule has 0 spiro atoms. The minimum atomic E-state index is 0.947. The van der Waals surface area contributed by atoms with Gasteiger partial charge in [0.25, 0.3) is 0 Å². The summed E-state index contributed by atoms with van der Waals surface area (Å²) in [6.45, 7) is 6.27. The molecule has 0 radical (unpaired) electrons. The third kappa shape index (κ3) is 4.59. The second-order valence-electron chi connectivity index (χ2n) is 7.42. The highest BCUT2D eigenvalue weighted by atomic mass is 15.1. The first-order chi connectivity index (χ1) is 15.3. The van der Waals surface area contributed by atoms with Crippen molar-refractivity contribution in [2.24, 2.45) is 0 Å². The summed E-state index contributed by atoms with van der Waals surface area (Å²) in [5, 5.41) is 1.27. The molecule has 154 valence electrons. The Kier molecular flexibility index (Phi) is 6.59. The summed E-state index contributed by atoms with van der Waals surface area (Å²) >= 11 is 0. The number of nitrogens with zero attached hydrogens (tertiary/aromatic N) is 2. The van der Waals surface area contributed by atoms with Crippen molar-refractivity contribution in [2.75, 3.05) is 11.4 Å². The van der Waals surface area contributed by atoms with Gasteiger partial charge in [0.2, 0.25) is 11.2 Å². The smallest absolute Gasteiger partial charge is 0.212 e. The number of aromatic nitrogens is 1. The van der Waals surface area contributed by atoms with Crippen LogP contribution in [0, 0.1) is 0 Å². The van der Waals surface area contributed by atoms with Gasteiger partial charge in [-0.3, -0.25) is 0 Å². The first-order valence-corrected chi connectivity index (χ1v) is 11.0. The molecule has 2 heterocycles. The van der Waals surface area contributed by atoms with E-state index in [1.807, 2.05) is 0 Å². The molecular weight excluding hydrogens is 376 g/mol. The fourth-order valence-corrected chi connectivity index (χ4v) is 4.05. The maximum absolute atomic E-state index is 2.34. The van der Waals surface area contributed by atoms with E-state index in [0.717, 1.165) is 13.1 Å². The molecule has 31 heavy (non-hydrogen) atoms. The second kappa shape index (κ2) is 9.90. The Labute approximate surface area is 185 Å². The van der Waals surface area contributed by atoms with Gasteiger partial charge < -0.3 is 4.90 Å². The monoisotopic (exact) mass is 405 g/mol. The fourth-order valence-electron chi connectivity index (χ4n) is 4.05. The Hall–Kier alpha value is -3.65. The third-order valence-corrected chi connectivity index (χ3v) is 5.56. The van der Waals surface area contributed by atoms with Crippen molar-refractivity contribution in [1.29, 1.82) is 0 Å². The average Bonchev–Trinajstić information content (AvgIpc) is 2.82. The highest BCUT2D eigenvalue weighted by Crippen LogP contribution is 2.30. The summed E-state index contributed by atoms with van der Waals surface area (Å²) in [5.41, 5.74) is 6.23. The Balaban J connectivity index is 1.44. The molecule has 2 heteroatoms. The summed E-state index contributed by atoms with van der Waals surface area (Å²) in [4.78, 5) is 2.34. The van der Waals surface area contributed by atoms with Crippen LogP contribution >= 0.6 is 0 Å². The number of likely N-dealkylation sites (N-methyl/N-ethyl adjacent to an activating group) is 1. The predicted octanol–water partition coefficient (Wildman–Crippen LogP) is 6.71. The van der Waals surface area contributed by atoms with Crippen molar-refractivity contribution in [3.8, 4) is 0 Å². The number of pyridine rings is 1. The van der Waals surface area contributed by atoms with Crippen molar-refractivity contribution >= 4 is 28.7 Å². The van der Waals surface area contributed by atoms with Crippen LogP contribution in [0.1, 0.15) is 25.1 Å². The van der Waals surface area contributed by atoms with Gasteiger partial charge in [0.05, 0.1) is 0 Å². The summed E-state index contributed by atoms with van der Waals surface area (Å²) in [6, 6.07) is 21.4. The molecule has 1 aliphatic heterocycles. The van der Waals surface area contributed by atoms with Crippen molar-refractivity contribution in [3.05, 3.63) is 120 Å². The van der Waals surface area contributed by atoms with Crippen molar-refractivity contribution in [3.63, 3.8) is 0 Å². The molecule has 0 N–H and O–H groups in total. The predicted molar refractivity (Wildman–Crippen MR) is 134 cm³/mol. The van der Waals surface area contributed by atoms with Gasteiger partial charge in [0.15, 0.2) is 0 Å². The minimum absolute atomic E-state index is 0.947.